The fourth-order valence-corrected chi connectivity index (χ4v) is 2.26. The first-order chi connectivity index (χ1) is 10.8. The van der Waals surface area contributed by atoms with E-state index in [2.05, 4.69) is 15.6 Å². The van der Waals surface area contributed by atoms with Crippen LogP contribution >= 0.6 is 0 Å². The van der Waals surface area contributed by atoms with E-state index >= 15 is 0 Å². The Morgan fingerprint density at radius 3 is 2.48 bits per heavy atom. The van der Waals surface area contributed by atoms with Crippen LogP contribution in [0.3, 0.4) is 0 Å². The summed E-state index contributed by atoms with van der Waals surface area (Å²) in [6.07, 6.45) is 3.94. The molecule has 0 aliphatic heterocycles. The summed E-state index contributed by atoms with van der Waals surface area (Å²) >= 11 is 0. The fourth-order valence-electron chi connectivity index (χ4n) is 2.26. The van der Waals surface area contributed by atoms with Gasteiger partial charge in [0.25, 0.3) is 0 Å². The van der Waals surface area contributed by atoms with E-state index < -0.39 is 25.0 Å². The lowest BCUT2D eigenvalue weighted by atomic mass is 9.75. The zero-order chi connectivity index (χ0) is 17.4. The first-order valence-corrected chi connectivity index (χ1v) is 7.62. The van der Waals surface area contributed by atoms with Crippen molar-refractivity contribution < 1.29 is 19.6 Å². The SMILES string of the molecule is CC(=O)N[C@@H](Cc1cccnc1)C(=O)N[C@@H](CC(C)C)B(O)O. The van der Waals surface area contributed by atoms with Crippen molar-refractivity contribution in [3.05, 3.63) is 30.1 Å². The fraction of sp³-hybridized carbons (Fsp3) is 0.533. The Morgan fingerprint density at radius 2 is 2.00 bits per heavy atom. The number of nitrogens with one attached hydrogen (secondary N) is 2. The van der Waals surface area contributed by atoms with E-state index in [-0.39, 0.29) is 18.2 Å². The largest absolute Gasteiger partial charge is 0.475 e. The number of rotatable bonds is 8. The van der Waals surface area contributed by atoms with Gasteiger partial charge in [-0.1, -0.05) is 19.9 Å². The normalized spacial score (nSPS) is 13.3. The van der Waals surface area contributed by atoms with E-state index in [9.17, 15) is 19.6 Å². The molecule has 0 spiro atoms. The van der Waals surface area contributed by atoms with Crippen LogP contribution < -0.4 is 10.6 Å². The molecule has 0 aliphatic rings. The van der Waals surface area contributed by atoms with Gasteiger partial charge >= 0.3 is 7.12 Å². The highest BCUT2D eigenvalue weighted by atomic mass is 16.4. The lowest BCUT2D eigenvalue weighted by molar-refractivity contribution is -0.128. The summed E-state index contributed by atoms with van der Waals surface area (Å²) in [6.45, 7) is 5.17. The molecule has 0 saturated carbocycles. The van der Waals surface area contributed by atoms with Crippen LogP contribution in [0.25, 0.3) is 0 Å². The molecule has 2 amide bonds. The van der Waals surface area contributed by atoms with Crippen LogP contribution in [-0.2, 0) is 16.0 Å². The predicted molar refractivity (Wildman–Crippen MR) is 87.1 cm³/mol. The molecule has 0 unspecified atom stereocenters. The third-order valence-electron chi connectivity index (χ3n) is 3.27. The second-order valence-corrected chi connectivity index (χ2v) is 5.98. The molecule has 0 bridgehead atoms. The van der Waals surface area contributed by atoms with Crippen molar-refractivity contribution in [1.82, 2.24) is 15.6 Å². The summed E-state index contributed by atoms with van der Waals surface area (Å²) < 4.78 is 0. The third-order valence-corrected chi connectivity index (χ3v) is 3.27. The molecule has 1 rings (SSSR count). The van der Waals surface area contributed by atoms with Gasteiger partial charge in [0.05, 0.1) is 5.94 Å². The van der Waals surface area contributed by atoms with Gasteiger partial charge in [-0.05, 0) is 24.0 Å². The van der Waals surface area contributed by atoms with Crippen LogP contribution in [0.4, 0.5) is 0 Å². The van der Waals surface area contributed by atoms with Crippen molar-refractivity contribution in [3.8, 4) is 0 Å². The first-order valence-electron chi connectivity index (χ1n) is 7.62. The van der Waals surface area contributed by atoms with E-state index in [4.69, 9.17) is 0 Å². The molecule has 1 aromatic heterocycles. The van der Waals surface area contributed by atoms with E-state index in [0.717, 1.165) is 5.56 Å². The number of carbonyl (C=O) groups is 2. The summed E-state index contributed by atoms with van der Waals surface area (Å²) in [5.74, 6) is -1.39. The highest BCUT2D eigenvalue weighted by Crippen LogP contribution is 2.07. The smallest absolute Gasteiger partial charge is 0.426 e. The van der Waals surface area contributed by atoms with Gasteiger partial charge in [0.2, 0.25) is 11.8 Å². The molecule has 1 aromatic rings. The number of hydrogen-bond acceptors (Lipinski definition) is 5. The minimum absolute atomic E-state index is 0.180. The summed E-state index contributed by atoms with van der Waals surface area (Å²) in [4.78, 5) is 27.7. The van der Waals surface area contributed by atoms with Gasteiger partial charge < -0.3 is 20.7 Å². The van der Waals surface area contributed by atoms with Gasteiger partial charge in [-0.15, -0.1) is 0 Å². The highest BCUT2D eigenvalue weighted by Gasteiger charge is 2.29. The number of hydrogen-bond donors (Lipinski definition) is 4. The zero-order valence-electron chi connectivity index (χ0n) is 13.7. The summed E-state index contributed by atoms with van der Waals surface area (Å²) in [6, 6.07) is 2.75. The van der Waals surface area contributed by atoms with Crippen molar-refractivity contribution in [1.29, 1.82) is 0 Å². The van der Waals surface area contributed by atoms with Gasteiger partial charge in [0.15, 0.2) is 0 Å². The Labute approximate surface area is 136 Å². The molecule has 0 fully saturated rings. The van der Waals surface area contributed by atoms with Gasteiger partial charge in [0.1, 0.15) is 6.04 Å². The van der Waals surface area contributed by atoms with Crippen LogP contribution in [0.1, 0.15) is 32.8 Å². The van der Waals surface area contributed by atoms with Crippen LogP contribution in [0.2, 0.25) is 0 Å². The number of nitrogens with zero attached hydrogens (tertiary/aromatic N) is 1. The van der Waals surface area contributed by atoms with Gasteiger partial charge in [-0.2, -0.15) is 0 Å². The topological polar surface area (TPSA) is 112 Å². The predicted octanol–water partition coefficient (Wildman–Crippen LogP) is -0.328. The minimum atomic E-state index is -1.65. The standard InChI is InChI=1S/C15H24BN3O4/c1-10(2)7-14(16(22)23)19-15(21)13(18-11(3)20)8-12-5-4-6-17-9-12/h4-6,9-10,13-14,22-23H,7-8H2,1-3H3,(H,18,20)(H,19,21)/t13-,14-/m0/s1. The molecule has 23 heavy (non-hydrogen) atoms. The number of amides is 2. The van der Waals surface area contributed by atoms with Crippen molar-refractivity contribution in [2.24, 2.45) is 5.92 Å². The third kappa shape index (κ3) is 7.25. The van der Waals surface area contributed by atoms with E-state index in [0.29, 0.717) is 6.42 Å². The van der Waals surface area contributed by atoms with Gasteiger partial charge in [0, 0.05) is 25.7 Å². The Bertz CT molecular complexity index is 511. The van der Waals surface area contributed by atoms with Gasteiger partial charge in [-0.25, -0.2) is 0 Å². The van der Waals surface area contributed by atoms with Crippen LogP contribution in [0.15, 0.2) is 24.5 Å². The second-order valence-electron chi connectivity index (χ2n) is 5.98. The quantitative estimate of drug-likeness (QED) is 0.490. The molecule has 0 radical (unpaired) electrons. The van der Waals surface area contributed by atoms with Crippen molar-refractivity contribution in [2.75, 3.05) is 0 Å². The van der Waals surface area contributed by atoms with Crippen molar-refractivity contribution in [2.45, 2.75) is 45.6 Å². The maximum Gasteiger partial charge on any atom is 0.475 e. The molecule has 7 nitrogen and oxygen atoms in total. The van der Waals surface area contributed by atoms with Crippen molar-refractivity contribution >= 4 is 18.9 Å². The molecule has 1 heterocycles. The van der Waals surface area contributed by atoms with Gasteiger partial charge in [-0.3, -0.25) is 14.6 Å². The maximum atomic E-state index is 12.4. The molecular formula is C15H24BN3O4. The molecular weight excluding hydrogens is 297 g/mol. The second kappa shape index (κ2) is 9.27. The lowest BCUT2D eigenvalue weighted by Gasteiger charge is -2.24. The minimum Gasteiger partial charge on any atom is -0.426 e. The molecule has 4 N–H and O–H groups in total. The number of aromatic nitrogens is 1. The number of pyridine rings is 1. The first kappa shape index (κ1) is 19.1. The van der Waals surface area contributed by atoms with Crippen LogP contribution in [0.5, 0.6) is 0 Å². The Hall–Kier alpha value is -1.93. The molecule has 8 heteroatoms. The zero-order valence-corrected chi connectivity index (χ0v) is 13.7. The molecule has 0 saturated heterocycles. The van der Waals surface area contributed by atoms with E-state index in [1.54, 1.807) is 18.5 Å². The van der Waals surface area contributed by atoms with Crippen LogP contribution in [0, 0.1) is 5.92 Å². The van der Waals surface area contributed by atoms with Crippen molar-refractivity contribution in [3.63, 3.8) is 0 Å². The number of carbonyl (C=O) groups excluding carboxylic acids is 2. The van der Waals surface area contributed by atoms with Crippen LogP contribution in [-0.4, -0.2) is 45.9 Å². The van der Waals surface area contributed by atoms with E-state index in [1.165, 1.54) is 6.92 Å². The molecule has 2 atom stereocenters. The summed E-state index contributed by atoms with van der Waals surface area (Å²) in [7, 11) is -1.65. The average molecular weight is 321 g/mol. The average Bonchev–Trinajstić information content (AvgIpc) is 2.45. The molecule has 0 aliphatic carbocycles. The molecule has 126 valence electrons. The maximum absolute atomic E-state index is 12.4. The molecule has 0 aromatic carbocycles. The monoisotopic (exact) mass is 321 g/mol. The summed E-state index contributed by atoms with van der Waals surface area (Å²) in [5, 5.41) is 24.0. The Morgan fingerprint density at radius 1 is 1.30 bits per heavy atom. The highest BCUT2D eigenvalue weighted by molar-refractivity contribution is 6.43. The van der Waals surface area contributed by atoms with E-state index in [1.807, 2.05) is 19.9 Å². The lowest BCUT2D eigenvalue weighted by Crippen LogP contribution is -2.54. The Balaban J connectivity index is 2.80. The Kier molecular flexibility index (Phi) is 7.70. The summed E-state index contributed by atoms with van der Waals surface area (Å²) in [5.41, 5.74) is 0.798.